The lowest BCUT2D eigenvalue weighted by Gasteiger charge is -2.28. The topological polar surface area (TPSA) is 56.0 Å². The largest absolute Gasteiger partial charge is 0.332 e. The van der Waals surface area contributed by atoms with Gasteiger partial charge in [0, 0.05) is 44.1 Å². The Balaban J connectivity index is 1.87. The summed E-state index contributed by atoms with van der Waals surface area (Å²) in [5.41, 5.74) is 4.75. The Hall–Kier alpha value is -2.37. The molecular formula is C20H29N5O. The van der Waals surface area contributed by atoms with Crippen molar-refractivity contribution in [3.8, 4) is 0 Å². The predicted molar refractivity (Wildman–Crippen MR) is 102 cm³/mol. The lowest BCUT2D eigenvalue weighted by Crippen LogP contribution is -2.36. The minimum atomic E-state index is 0.00547. The number of aromatic nitrogens is 4. The summed E-state index contributed by atoms with van der Waals surface area (Å²) in [6.07, 6.45) is 7.74. The minimum Gasteiger partial charge on any atom is -0.332 e. The van der Waals surface area contributed by atoms with Gasteiger partial charge in [0.25, 0.3) is 5.91 Å². The van der Waals surface area contributed by atoms with E-state index in [2.05, 4.69) is 29.3 Å². The van der Waals surface area contributed by atoms with E-state index >= 15 is 0 Å². The summed E-state index contributed by atoms with van der Waals surface area (Å²) >= 11 is 0. The first-order chi connectivity index (χ1) is 12.4. The fraction of sp³-hybridized carbons (Fsp3) is 0.550. The highest BCUT2D eigenvalue weighted by atomic mass is 16.2. The Morgan fingerprint density at radius 1 is 1.19 bits per heavy atom. The third-order valence-corrected chi connectivity index (χ3v) is 5.48. The molecule has 2 heterocycles. The van der Waals surface area contributed by atoms with Gasteiger partial charge >= 0.3 is 0 Å². The van der Waals surface area contributed by atoms with Crippen molar-refractivity contribution in [2.75, 3.05) is 6.54 Å². The summed E-state index contributed by atoms with van der Waals surface area (Å²) in [5, 5.41) is 8.92. The number of aryl methyl sites for hydroxylation is 4. The molecule has 0 radical (unpaired) electrons. The first kappa shape index (κ1) is 18.4. The van der Waals surface area contributed by atoms with E-state index in [1.165, 1.54) is 0 Å². The summed E-state index contributed by atoms with van der Waals surface area (Å²) in [4.78, 5) is 15.2. The third kappa shape index (κ3) is 3.74. The van der Waals surface area contributed by atoms with Gasteiger partial charge in [-0.2, -0.15) is 10.2 Å². The van der Waals surface area contributed by atoms with Crippen molar-refractivity contribution in [2.45, 2.75) is 46.6 Å². The maximum atomic E-state index is 13.2. The van der Waals surface area contributed by atoms with Crippen LogP contribution in [0, 0.1) is 26.7 Å². The van der Waals surface area contributed by atoms with E-state index < -0.39 is 0 Å². The molecule has 1 atom stereocenters. The highest BCUT2D eigenvalue weighted by Crippen LogP contribution is 2.23. The van der Waals surface area contributed by atoms with Gasteiger partial charge in [-0.05, 0) is 52.0 Å². The lowest BCUT2D eigenvalue weighted by molar-refractivity contribution is 0.0703. The number of carbonyl (C=O) groups is 1. The number of hydrogen-bond acceptors (Lipinski definition) is 3. The van der Waals surface area contributed by atoms with Gasteiger partial charge in [-0.15, -0.1) is 0 Å². The van der Waals surface area contributed by atoms with E-state index in [0.717, 1.165) is 48.5 Å². The third-order valence-electron chi connectivity index (χ3n) is 5.48. The smallest absolute Gasteiger partial charge is 0.274 e. The molecule has 1 amide bonds. The Labute approximate surface area is 155 Å². The van der Waals surface area contributed by atoms with Crippen molar-refractivity contribution in [3.05, 3.63) is 46.6 Å². The highest BCUT2D eigenvalue weighted by molar-refractivity contribution is 5.92. The first-order valence-electron chi connectivity index (χ1n) is 9.30. The Morgan fingerprint density at radius 2 is 1.96 bits per heavy atom. The van der Waals surface area contributed by atoms with Crippen molar-refractivity contribution in [2.24, 2.45) is 20.0 Å². The molecule has 1 aliphatic carbocycles. The van der Waals surface area contributed by atoms with Gasteiger partial charge in [0.1, 0.15) is 0 Å². The molecule has 0 aliphatic heterocycles. The number of carbonyl (C=O) groups excluding carboxylic acids is 1. The molecule has 140 valence electrons. The second-order valence-electron chi connectivity index (χ2n) is 7.40. The van der Waals surface area contributed by atoms with E-state index in [-0.39, 0.29) is 5.91 Å². The van der Waals surface area contributed by atoms with Crippen molar-refractivity contribution >= 4 is 5.91 Å². The second kappa shape index (κ2) is 7.48. The van der Waals surface area contributed by atoms with Gasteiger partial charge in [0.15, 0.2) is 5.69 Å². The van der Waals surface area contributed by atoms with Crippen molar-refractivity contribution in [1.82, 2.24) is 24.5 Å². The first-order valence-corrected chi connectivity index (χ1v) is 9.30. The maximum Gasteiger partial charge on any atom is 0.274 e. The fourth-order valence-corrected chi connectivity index (χ4v) is 3.62. The van der Waals surface area contributed by atoms with Crippen LogP contribution in [0.25, 0.3) is 0 Å². The summed E-state index contributed by atoms with van der Waals surface area (Å²) in [6.45, 7) is 7.38. The van der Waals surface area contributed by atoms with Gasteiger partial charge in [-0.1, -0.05) is 12.2 Å². The number of rotatable bonds is 5. The van der Waals surface area contributed by atoms with Crippen LogP contribution in [-0.2, 0) is 20.6 Å². The average molecular weight is 355 g/mol. The average Bonchev–Trinajstić information content (AvgIpc) is 3.07. The Kier molecular flexibility index (Phi) is 5.30. The molecular weight excluding hydrogens is 326 g/mol. The van der Waals surface area contributed by atoms with Crippen molar-refractivity contribution < 1.29 is 4.79 Å². The Bertz CT molecular complexity index is 810. The second-order valence-corrected chi connectivity index (χ2v) is 7.40. The van der Waals surface area contributed by atoms with Crippen LogP contribution >= 0.6 is 0 Å². The van der Waals surface area contributed by atoms with E-state index in [4.69, 9.17) is 0 Å². The molecule has 2 aromatic rings. The predicted octanol–water partition coefficient (Wildman–Crippen LogP) is 3.08. The molecule has 2 aromatic heterocycles. The maximum absolute atomic E-state index is 13.2. The van der Waals surface area contributed by atoms with Gasteiger partial charge in [0.05, 0.1) is 5.69 Å². The molecule has 0 unspecified atom stereocenters. The van der Waals surface area contributed by atoms with Gasteiger partial charge in [-0.25, -0.2) is 0 Å². The number of amides is 1. The van der Waals surface area contributed by atoms with Crippen LogP contribution in [0.15, 0.2) is 18.2 Å². The van der Waals surface area contributed by atoms with Gasteiger partial charge < -0.3 is 4.90 Å². The molecule has 26 heavy (non-hydrogen) atoms. The Morgan fingerprint density at radius 3 is 2.50 bits per heavy atom. The van der Waals surface area contributed by atoms with E-state index in [1.807, 2.05) is 43.6 Å². The molecule has 1 aliphatic rings. The molecule has 0 saturated heterocycles. The van der Waals surface area contributed by atoms with Crippen LogP contribution in [0.4, 0.5) is 0 Å². The zero-order valence-electron chi connectivity index (χ0n) is 16.5. The highest BCUT2D eigenvalue weighted by Gasteiger charge is 2.25. The van der Waals surface area contributed by atoms with Gasteiger partial charge in [-0.3, -0.25) is 14.2 Å². The summed E-state index contributed by atoms with van der Waals surface area (Å²) in [6, 6.07) is 1.87. The molecule has 3 rings (SSSR count). The van der Waals surface area contributed by atoms with Crippen molar-refractivity contribution in [3.63, 3.8) is 0 Å². The quantitative estimate of drug-likeness (QED) is 0.775. The van der Waals surface area contributed by atoms with Crippen LogP contribution in [-0.4, -0.2) is 36.9 Å². The number of nitrogens with zero attached hydrogens (tertiary/aromatic N) is 5. The van der Waals surface area contributed by atoms with Crippen LogP contribution < -0.4 is 0 Å². The molecule has 0 aromatic carbocycles. The molecule has 0 N–H and O–H groups in total. The summed E-state index contributed by atoms with van der Waals surface area (Å²) in [7, 11) is 3.82. The summed E-state index contributed by atoms with van der Waals surface area (Å²) < 4.78 is 3.65. The molecule has 6 heteroatoms. The molecule has 0 fully saturated rings. The fourth-order valence-electron chi connectivity index (χ4n) is 3.62. The lowest BCUT2D eigenvalue weighted by atomic mass is 9.93. The zero-order chi connectivity index (χ0) is 18.8. The monoisotopic (exact) mass is 355 g/mol. The van der Waals surface area contributed by atoms with E-state index in [9.17, 15) is 4.79 Å². The zero-order valence-corrected chi connectivity index (χ0v) is 16.5. The van der Waals surface area contributed by atoms with Crippen LogP contribution in [0.3, 0.4) is 0 Å². The van der Waals surface area contributed by atoms with Crippen molar-refractivity contribution in [1.29, 1.82) is 0 Å². The van der Waals surface area contributed by atoms with Crippen LogP contribution in [0.2, 0.25) is 0 Å². The van der Waals surface area contributed by atoms with E-state index in [0.29, 0.717) is 18.2 Å². The van der Waals surface area contributed by atoms with Crippen LogP contribution in [0.5, 0.6) is 0 Å². The molecule has 0 saturated carbocycles. The normalized spacial score (nSPS) is 16.9. The molecule has 6 nitrogen and oxygen atoms in total. The SMILES string of the molecule is Cc1nn(C)c(C)c1CN(C[C@@H]1CC=CCC1)C(=O)c1cc(C)n(C)n1. The molecule has 0 bridgehead atoms. The number of allylic oxidation sites excluding steroid dienone is 2. The minimum absolute atomic E-state index is 0.00547. The molecule has 0 spiro atoms. The summed E-state index contributed by atoms with van der Waals surface area (Å²) in [5.74, 6) is 0.511. The van der Waals surface area contributed by atoms with Gasteiger partial charge in [0.2, 0.25) is 0 Å². The standard InChI is InChI=1S/C20H29N5O/c1-14-11-19(22-23(14)4)20(26)25(12-17-9-7-6-8-10-17)13-18-15(2)21-24(5)16(18)3/h6-7,11,17H,8-10,12-13H2,1-5H3/t17-/m1/s1. The van der Waals surface area contributed by atoms with E-state index in [1.54, 1.807) is 4.68 Å². The number of hydrogen-bond donors (Lipinski definition) is 0. The van der Waals surface area contributed by atoms with Crippen LogP contribution in [0.1, 0.15) is 52.4 Å².